The molecule has 4 rings (SSSR count). The smallest absolute Gasteiger partial charge is 0.340 e. The van der Waals surface area contributed by atoms with Gasteiger partial charge in [-0.1, -0.05) is 24.3 Å². The Bertz CT molecular complexity index is 1100. The maximum absolute atomic E-state index is 12.4. The van der Waals surface area contributed by atoms with Crippen LogP contribution in [0, 0.1) is 0 Å². The van der Waals surface area contributed by atoms with Crippen LogP contribution in [0.25, 0.3) is 10.9 Å². The number of rotatable bonds is 5. The van der Waals surface area contributed by atoms with Crippen LogP contribution < -0.4 is 10.2 Å². The number of nitrogens with one attached hydrogen (secondary N) is 1. The molecule has 0 bridgehead atoms. The average molecular weight is 391 g/mol. The Labute approximate surface area is 167 Å². The Hall–Kier alpha value is -3.61. The lowest BCUT2D eigenvalue weighted by Crippen LogP contribution is -2.24. The van der Waals surface area contributed by atoms with E-state index in [0.29, 0.717) is 24.2 Å². The lowest BCUT2D eigenvalue weighted by molar-refractivity contribution is -0.119. The number of anilines is 2. The van der Waals surface area contributed by atoms with Crippen molar-refractivity contribution < 1.29 is 19.1 Å². The van der Waals surface area contributed by atoms with Crippen LogP contribution in [-0.2, 0) is 21.4 Å². The molecule has 1 N–H and O–H groups in total. The number of para-hydroxylation sites is 1. The summed E-state index contributed by atoms with van der Waals surface area (Å²) < 4.78 is 7.05. The minimum atomic E-state index is -0.548. The third-order valence-electron chi connectivity index (χ3n) is 4.97. The molecular weight excluding hydrogens is 370 g/mol. The van der Waals surface area contributed by atoms with Gasteiger partial charge < -0.3 is 19.5 Å². The highest BCUT2D eigenvalue weighted by molar-refractivity contribution is 6.05. The van der Waals surface area contributed by atoms with Crippen LogP contribution >= 0.6 is 0 Å². The highest BCUT2D eigenvalue weighted by Crippen LogP contribution is 2.24. The Morgan fingerprint density at radius 2 is 1.97 bits per heavy atom. The predicted molar refractivity (Wildman–Crippen MR) is 110 cm³/mol. The lowest BCUT2D eigenvalue weighted by atomic mass is 10.2. The molecule has 0 atom stereocenters. The molecule has 0 saturated carbocycles. The van der Waals surface area contributed by atoms with Crippen molar-refractivity contribution in [1.82, 2.24) is 4.57 Å². The maximum atomic E-state index is 12.4. The van der Waals surface area contributed by atoms with Gasteiger partial charge in [0.05, 0.1) is 5.56 Å². The van der Waals surface area contributed by atoms with Gasteiger partial charge in [-0.15, -0.1) is 0 Å². The summed E-state index contributed by atoms with van der Waals surface area (Å²) >= 11 is 0. The molecule has 0 spiro atoms. The van der Waals surface area contributed by atoms with Gasteiger partial charge in [0.15, 0.2) is 6.61 Å². The number of hydrogen-bond acceptors (Lipinski definition) is 4. The number of benzene rings is 2. The summed E-state index contributed by atoms with van der Waals surface area (Å²) in [4.78, 5) is 38.3. The number of aromatic nitrogens is 1. The van der Waals surface area contributed by atoms with Crippen LogP contribution in [0.5, 0.6) is 0 Å². The summed E-state index contributed by atoms with van der Waals surface area (Å²) in [5.41, 5.74) is 2.63. The molecule has 1 aromatic heterocycles. The molecule has 2 amide bonds. The summed E-state index contributed by atoms with van der Waals surface area (Å²) in [5, 5.41) is 3.49. The molecule has 1 aliphatic heterocycles. The molecular formula is C22H21N3O4. The van der Waals surface area contributed by atoms with Gasteiger partial charge in [0, 0.05) is 48.5 Å². The summed E-state index contributed by atoms with van der Waals surface area (Å²) in [5.74, 6) is -0.908. The zero-order chi connectivity index (χ0) is 20.4. The highest BCUT2D eigenvalue weighted by atomic mass is 16.5. The van der Waals surface area contributed by atoms with Gasteiger partial charge in [0.25, 0.3) is 5.91 Å². The Morgan fingerprint density at radius 1 is 1.14 bits per heavy atom. The third kappa shape index (κ3) is 3.85. The van der Waals surface area contributed by atoms with Crippen molar-refractivity contribution in [2.24, 2.45) is 7.05 Å². The zero-order valence-electron chi connectivity index (χ0n) is 16.1. The van der Waals surface area contributed by atoms with Crippen molar-refractivity contribution in [3.05, 3.63) is 60.3 Å². The number of nitrogens with zero attached hydrogens (tertiary/aromatic N) is 2. The summed E-state index contributed by atoms with van der Waals surface area (Å²) in [6, 6.07) is 14.6. The summed E-state index contributed by atoms with van der Waals surface area (Å²) in [6.45, 7) is 0.286. The van der Waals surface area contributed by atoms with Gasteiger partial charge in [-0.3, -0.25) is 9.59 Å². The standard InChI is InChI=1S/C22H21N3O4/c1-24-13-18(17-8-2-3-9-19(17)24)22(28)29-14-20(26)23-15-6-4-7-16(12-15)25-11-5-10-21(25)27/h2-4,6-9,12-13H,5,10-11,14H2,1H3,(H,23,26). The number of fused-ring (bicyclic) bond motifs is 1. The lowest BCUT2D eigenvalue weighted by Gasteiger charge is -2.16. The number of aryl methyl sites for hydroxylation is 1. The molecule has 0 radical (unpaired) electrons. The fourth-order valence-corrected chi connectivity index (χ4v) is 3.58. The van der Waals surface area contributed by atoms with Crippen LogP contribution in [-0.4, -0.2) is 35.5 Å². The SMILES string of the molecule is Cn1cc(C(=O)OCC(=O)Nc2cccc(N3CCCC3=O)c2)c2ccccc21. The molecule has 1 aliphatic rings. The van der Waals surface area contributed by atoms with Gasteiger partial charge in [0.1, 0.15) is 0 Å². The van der Waals surface area contributed by atoms with Crippen molar-refractivity contribution in [3.63, 3.8) is 0 Å². The molecule has 7 heteroatoms. The number of carbonyl (C=O) groups is 3. The fraction of sp³-hybridized carbons (Fsp3) is 0.227. The first-order valence-electron chi connectivity index (χ1n) is 9.44. The molecule has 0 unspecified atom stereocenters. The van der Waals surface area contributed by atoms with Gasteiger partial charge in [-0.25, -0.2) is 4.79 Å². The molecule has 148 valence electrons. The van der Waals surface area contributed by atoms with Crippen LogP contribution in [0.4, 0.5) is 11.4 Å². The Morgan fingerprint density at radius 3 is 2.76 bits per heavy atom. The zero-order valence-corrected chi connectivity index (χ0v) is 16.1. The van der Waals surface area contributed by atoms with E-state index >= 15 is 0 Å². The largest absolute Gasteiger partial charge is 0.452 e. The predicted octanol–water partition coefficient (Wildman–Crippen LogP) is 3.10. The molecule has 1 saturated heterocycles. The second-order valence-corrected chi connectivity index (χ2v) is 6.99. The number of esters is 1. The molecule has 0 aliphatic carbocycles. The first-order chi connectivity index (χ1) is 14.0. The summed E-state index contributed by atoms with van der Waals surface area (Å²) in [6.07, 6.45) is 3.07. The third-order valence-corrected chi connectivity index (χ3v) is 4.97. The quantitative estimate of drug-likeness (QED) is 0.678. The van der Waals surface area contributed by atoms with E-state index in [1.165, 1.54) is 0 Å². The second-order valence-electron chi connectivity index (χ2n) is 6.99. The van der Waals surface area contributed by atoms with Gasteiger partial charge in [0.2, 0.25) is 5.91 Å². The molecule has 7 nitrogen and oxygen atoms in total. The van der Waals surface area contributed by atoms with E-state index in [-0.39, 0.29) is 5.91 Å². The van der Waals surface area contributed by atoms with Crippen LogP contribution in [0.15, 0.2) is 54.7 Å². The maximum Gasteiger partial charge on any atom is 0.340 e. The fourth-order valence-electron chi connectivity index (χ4n) is 3.58. The first kappa shape index (κ1) is 18.7. The molecule has 3 aromatic rings. The number of carbonyl (C=O) groups excluding carboxylic acids is 3. The normalized spacial score (nSPS) is 13.7. The molecule has 29 heavy (non-hydrogen) atoms. The van der Waals surface area contributed by atoms with Crippen molar-refractivity contribution in [2.75, 3.05) is 23.4 Å². The number of hydrogen-bond donors (Lipinski definition) is 1. The minimum absolute atomic E-state index is 0.0810. The average Bonchev–Trinajstić information content (AvgIpc) is 3.30. The second kappa shape index (κ2) is 7.79. The number of amides is 2. The topological polar surface area (TPSA) is 80.6 Å². The first-order valence-corrected chi connectivity index (χ1v) is 9.44. The van der Waals surface area contributed by atoms with Crippen LogP contribution in [0.2, 0.25) is 0 Å². The Balaban J connectivity index is 1.39. The minimum Gasteiger partial charge on any atom is -0.452 e. The summed E-state index contributed by atoms with van der Waals surface area (Å²) in [7, 11) is 1.85. The molecule has 1 fully saturated rings. The molecule has 2 aromatic carbocycles. The van der Waals surface area contributed by atoms with Crippen molar-refractivity contribution in [1.29, 1.82) is 0 Å². The van der Waals surface area contributed by atoms with Gasteiger partial charge in [-0.2, -0.15) is 0 Å². The van der Waals surface area contributed by atoms with Gasteiger partial charge >= 0.3 is 5.97 Å². The van der Waals surface area contributed by atoms with Gasteiger partial charge in [-0.05, 0) is 30.7 Å². The van der Waals surface area contributed by atoms with Crippen molar-refractivity contribution in [2.45, 2.75) is 12.8 Å². The van der Waals surface area contributed by atoms with E-state index in [9.17, 15) is 14.4 Å². The van der Waals surface area contributed by atoms with E-state index in [0.717, 1.165) is 23.0 Å². The van der Waals surface area contributed by atoms with Crippen LogP contribution in [0.3, 0.4) is 0 Å². The van der Waals surface area contributed by atoms with E-state index in [1.54, 1.807) is 29.3 Å². The number of ether oxygens (including phenoxy) is 1. The van der Waals surface area contributed by atoms with E-state index in [4.69, 9.17) is 4.74 Å². The van der Waals surface area contributed by atoms with Crippen molar-refractivity contribution in [3.8, 4) is 0 Å². The van der Waals surface area contributed by atoms with Crippen LogP contribution in [0.1, 0.15) is 23.2 Å². The molecule has 2 heterocycles. The highest BCUT2D eigenvalue weighted by Gasteiger charge is 2.22. The monoisotopic (exact) mass is 391 g/mol. The van der Waals surface area contributed by atoms with E-state index in [1.807, 2.05) is 41.9 Å². The van der Waals surface area contributed by atoms with E-state index in [2.05, 4.69) is 5.32 Å². The van der Waals surface area contributed by atoms with Crippen molar-refractivity contribution >= 4 is 40.1 Å². The Kier molecular flexibility index (Phi) is 5.03. The van der Waals surface area contributed by atoms with E-state index < -0.39 is 18.5 Å².